The fourth-order valence-electron chi connectivity index (χ4n) is 3.27. The number of hydrogen-bond donors (Lipinski definition) is 0. The molecule has 0 N–H and O–H groups in total. The van der Waals surface area contributed by atoms with Crippen LogP contribution < -0.4 is 0 Å². The molecule has 2 aromatic rings. The van der Waals surface area contributed by atoms with E-state index in [2.05, 4.69) is 0 Å². The molecule has 0 saturated carbocycles. The van der Waals surface area contributed by atoms with Crippen molar-refractivity contribution in [3.8, 4) is 0 Å². The van der Waals surface area contributed by atoms with Crippen molar-refractivity contribution in [2.75, 3.05) is 19.7 Å². The number of esters is 1. The van der Waals surface area contributed by atoms with Crippen LogP contribution in [0.15, 0.2) is 52.0 Å². The van der Waals surface area contributed by atoms with E-state index in [1.54, 1.807) is 30.0 Å². The molecule has 0 bridgehead atoms. The highest BCUT2D eigenvalue weighted by molar-refractivity contribution is 7.90. The molecule has 1 aliphatic heterocycles. The average Bonchev–Trinajstić information content (AvgIpc) is 3.16. The van der Waals surface area contributed by atoms with Crippen molar-refractivity contribution in [2.45, 2.75) is 30.4 Å². The predicted molar refractivity (Wildman–Crippen MR) is 101 cm³/mol. The number of carbonyl (C=O) groups is 2. The SMILES string of the molecule is CCOC(=O)C1CCN(C(=O)c2occc2CS(=O)(=O)c2ccccc2)CC1. The van der Waals surface area contributed by atoms with Gasteiger partial charge in [0, 0.05) is 18.7 Å². The van der Waals surface area contributed by atoms with Crippen LogP contribution in [0.5, 0.6) is 0 Å². The number of rotatable bonds is 6. The Bertz CT molecular complexity index is 927. The van der Waals surface area contributed by atoms with Crippen molar-refractivity contribution in [3.05, 3.63) is 54.0 Å². The predicted octanol–water partition coefficient (Wildman–Crippen LogP) is 2.67. The normalized spacial score (nSPS) is 15.4. The van der Waals surface area contributed by atoms with E-state index in [9.17, 15) is 18.0 Å². The Morgan fingerprint density at radius 2 is 1.82 bits per heavy atom. The molecule has 150 valence electrons. The summed E-state index contributed by atoms with van der Waals surface area (Å²) in [7, 11) is -3.59. The van der Waals surface area contributed by atoms with Gasteiger partial charge in [0.2, 0.25) is 0 Å². The smallest absolute Gasteiger partial charge is 0.309 e. The summed E-state index contributed by atoms with van der Waals surface area (Å²) in [6, 6.07) is 9.61. The summed E-state index contributed by atoms with van der Waals surface area (Å²) < 4.78 is 35.6. The van der Waals surface area contributed by atoms with Gasteiger partial charge < -0.3 is 14.1 Å². The molecular weight excluding hydrogens is 382 g/mol. The minimum absolute atomic E-state index is 0.0362. The zero-order valence-corrected chi connectivity index (χ0v) is 16.5. The van der Waals surface area contributed by atoms with Crippen molar-refractivity contribution in [2.24, 2.45) is 5.92 Å². The summed E-state index contributed by atoms with van der Waals surface area (Å²) in [5, 5.41) is 0. The molecule has 1 aromatic carbocycles. The van der Waals surface area contributed by atoms with Crippen LogP contribution >= 0.6 is 0 Å². The molecular formula is C20H23NO6S. The summed E-state index contributed by atoms with van der Waals surface area (Å²) in [6.45, 7) is 2.89. The van der Waals surface area contributed by atoms with Gasteiger partial charge in [-0.2, -0.15) is 0 Å². The van der Waals surface area contributed by atoms with Crippen LogP contribution in [0.1, 0.15) is 35.9 Å². The van der Waals surface area contributed by atoms with Gasteiger partial charge in [0.1, 0.15) is 0 Å². The van der Waals surface area contributed by atoms with Crippen LogP contribution in [-0.2, 0) is 25.1 Å². The molecule has 0 unspecified atom stereocenters. The van der Waals surface area contributed by atoms with Crippen LogP contribution in [0.2, 0.25) is 0 Å². The maximum Gasteiger partial charge on any atom is 0.309 e. The number of ether oxygens (including phenoxy) is 1. The summed E-state index contributed by atoms with van der Waals surface area (Å²) in [6.07, 6.45) is 2.36. The van der Waals surface area contributed by atoms with E-state index in [0.29, 0.717) is 38.1 Å². The van der Waals surface area contributed by atoms with E-state index in [4.69, 9.17) is 9.15 Å². The third-order valence-electron chi connectivity index (χ3n) is 4.79. The fraction of sp³-hybridized carbons (Fsp3) is 0.400. The van der Waals surface area contributed by atoms with Crippen LogP contribution in [-0.4, -0.2) is 44.9 Å². The van der Waals surface area contributed by atoms with Gasteiger partial charge in [0.15, 0.2) is 15.6 Å². The zero-order valence-electron chi connectivity index (χ0n) is 15.7. The van der Waals surface area contributed by atoms with Gasteiger partial charge >= 0.3 is 5.97 Å². The highest BCUT2D eigenvalue weighted by atomic mass is 32.2. The fourth-order valence-corrected chi connectivity index (χ4v) is 4.65. The third-order valence-corrected chi connectivity index (χ3v) is 6.47. The topological polar surface area (TPSA) is 93.9 Å². The highest BCUT2D eigenvalue weighted by Gasteiger charge is 2.31. The maximum atomic E-state index is 12.8. The second-order valence-electron chi connectivity index (χ2n) is 6.67. The number of nitrogens with zero attached hydrogens (tertiary/aromatic N) is 1. The Kier molecular flexibility index (Phi) is 6.18. The Morgan fingerprint density at radius 3 is 2.46 bits per heavy atom. The Hall–Kier alpha value is -2.61. The minimum atomic E-state index is -3.59. The molecule has 2 heterocycles. The van der Waals surface area contributed by atoms with Crippen molar-refractivity contribution >= 4 is 21.7 Å². The number of likely N-dealkylation sites (tertiary alicyclic amines) is 1. The first kappa shape index (κ1) is 20.1. The van der Waals surface area contributed by atoms with Gasteiger partial charge in [0.05, 0.1) is 29.4 Å². The van der Waals surface area contributed by atoms with Crippen LogP contribution in [0.25, 0.3) is 0 Å². The van der Waals surface area contributed by atoms with Crippen LogP contribution in [0.3, 0.4) is 0 Å². The maximum absolute atomic E-state index is 12.8. The Labute approximate surface area is 164 Å². The van der Waals surface area contributed by atoms with E-state index in [1.807, 2.05) is 0 Å². The molecule has 1 aromatic heterocycles. The van der Waals surface area contributed by atoms with E-state index >= 15 is 0 Å². The lowest BCUT2D eigenvalue weighted by Gasteiger charge is -2.30. The molecule has 1 saturated heterocycles. The number of hydrogen-bond acceptors (Lipinski definition) is 6. The lowest BCUT2D eigenvalue weighted by molar-refractivity contribution is -0.149. The molecule has 8 heteroatoms. The van der Waals surface area contributed by atoms with Gasteiger partial charge in [0.25, 0.3) is 5.91 Å². The Balaban J connectivity index is 1.69. The van der Waals surface area contributed by atoms with Crippen LogP contribution in [0, 0.1) is 5.92 Å². The number of carbonyl (C=O) groups excluding carboxylic acids is 2. The summed E-state index contributed by atoms with van der Waals surface area (Å²) in [5.74, 6) is -1.08. The number of furan rings is 1. The van der Waals surface area contributed by atoms with Gasteiger partial charge in [-0.05, 0) is 38.0 Å². The van der Waals surface area contributed by atoms with Gasteiger partial charge in [-0.3, -0.25) is 9.59 Å². The lowest BCUT2D eigenvalue weighted by atomic mass is 9.97. The summed E-state index contributed by atoms with van der Waals surface area (Å²) in [5.41, 5.74) is 0.335. The molecule has 7 nitrogen and oxygen atoms in total. The minimum Gasteiger partial charge on any atom is -0.466 e. The quantitative estimate of drug-likeness (QED) is 0.686. The number of sulfone groups is 1. The summed E-state index contributed by atoms with van der Waals surface area (Å²) >= 11 is 0. The molecule has 1 aliphatic rings. The van der Waals surface area contributed by atoms with Crippen LogP contribution in [0.4, 0.5) is 0 Å². The second kappa shape index (κ2) is 8.60. The van der Waals surface area contributed by atoms with Crippen molar-refractivity contribution in [3.63, 3.8) is 0 Å². The summed E-state index contributed by atoms with van der Waals surface area (Å²) in [4.78, 5) is 26.5. The average molecular weight is 405 g/mol. The molecule has 0 spiro atoms. The Morgan fingerprint density at radius 1 is 1.14 bits per heavy atom. The van der Waals surface area contributed by atoms with Crippen molar-refractivity contribution < 1.29 is 27.2 Å². The molecule has 0 radical (unpaired) electrons. The van der Waals surface area contributed by atoms with E-state index in [0.717, 1.165) is 0 Å². The van der Waals surface area contributed by atoms with E-state index in [-0.39, 0.29) is 34.2 Å². The highest BCUT2D eigenvalue weighted by Crippen LogP contribution is 2.24. The molecule has 0 aliphatic carbocycles. The molecule has 1 fully saturated rings. The van der Waals surface area contributed by atoms with Crippen molar-refractivity contribution in [1.29, 1.82) is 0 Å². The van der Waals surface area contributed by atoms with Gasteiger partial charge in [-0.25, -0.2) is 8.42 Å². The standard InChI is InChI=1S/C20H23NO6S/c1-2-26-20(23)15-8-11-21(12-9-15)19(22)18-16(10-13-27-18)14-28(24,25)17-6-4-3-5-7-17/h3-7,10,13,15H,2,8-9,11-12,14H2,1H3. The van der Waals surface area contributed by atoms with Gasteiger partial charge in [-0.15, -0.1) is 0 Å². The number of benzene rings is 1. The number of piperidine rings is 1. The lowest BCUT2D eigenvalue weighted by Crippen LogP contribution is -2.40. The van der Waals surface area contributed by atoms with E-state index in [1.165, 1.54) is 24.5 Å². The third kappa shape index (κ3) is 4.44. The van der Waals surface area contributed by atoms with E-state index < -0.39 is 9.84 Å². The number of amides is 1. The molecule has 28 heavy (non-hydrogen) atoms. The van der Waals surface area contributed by atoms with Crippen molar-refractivity contribution in [1.82, 2.24) is 4.90 Å². The monoisotopic (exact) mass is 405 g/mol. The molecule has 3 rings (SSSR count). The molecule has 1 amide bonds. The largest absolute Gasteiger partial charge is 0.466 e. The second-order valence-corrected chi connectivity index (χ2v) is 8.66. The first-order chi connectivity index (χ1) is 13.4. The zero-order chi connectivity index (χ0) is 20.1. The molecule has 0 atom stereocenters. The van der Waals surface area contributed by atoms with Gasteiger partial charge in [-0.1, -0.05) is 18.2 Å². The first-order valence-corrected chi connectivity index (χ1v) is 10.9. The first-order valence-electron chi connectivity index (χ1n) is 9.22.